The average molecular weight is 784 g/mol. The number of rotatable bonds is 12. The summed E-state index contributed by atoms with van der Waals surface area (Å²) >= 11 is 29.9. The van der Waals surface area contributed by atoms with Gasteiger partial charge < -0.3 is 73.5 Å². The zero-order chi connectivity index (χ0) is 27.2. The van der Waals surface area contributed by atoms with Gasteiger partial charge in [-0.05, 0) is 83.1 Å². The normalized spacial score (nSPS) is 12.7. The van der Waals surface area contributed by atoms with E-state index in [1.54, 1.807) is 0 Å². The summed E-state index contributed by atoms with van der Waals surface area (Å²) in [4.78, 5) is 0. The molecule has 0 saturated carbocycles. The minimum Gasteiger partial charge on any atom is -0.515 e. The van der Waals surface area contributed by atoms with Gasteiger partial charge in [0.15, 0.2) is 0 Å². The quantitative estimate of drug-likeness (QED) is 0.143. The van der Waals surface area contributed by atoms with Crippen LogP contribution in [0.15, 0.2) is 0 Å². The van der Waals surface area contributed by atoms with Gasteiger partial charge in [-0.25, -0.2) is 27.1 Å². The summed E-state index contributed by atoms with van der Waals surface area (Å²) < 4.78 is 31.6. The van der Waals surface area contributed by atoms with Crippen LogP contribution in [0.4, 0.5) is 0 Å². The van der Waals surface area contributed by atoms with Crippen molar-refractivity contribution in [1.29, 1.82) is 0 Å². The predicted octanol–water partition coefficient (Wildman–Crippen LogP) is 7.82. The maximum atomic E-state index is 5.27. The molecule has 0 rings (SSSR count). The molecule has 6 nitrogen and oxygen atoms in total. The summed E-state index contributed by atoms with van der Waals surface area (Å²) in [6.07, 6.45) is -6.85. The van der Waals surface area contributed by atoms with Crippen LogP contribution in [0.2, 0.25) is 0 Å². The maximum absolute atomic E-state index is 5.27. The molecule has 34 heavy (non-hydrogen) atoms. The van der Waals surface area contributed by atoms with Gasteiger partial charge in [0.2, 0.25) is 0 Å². The van der Waals surface area contributed by atoms with Crippen LogP contribution >= 0.6 is 18.4 Å². The van der Waals surface area contributed by atoms with Gasteiger partial charge in [-0.15, -0.1) is 0 Å². The molecule has 205 valence electrons. The van der Waals surface area contributed by atoms with E-state index in [2.05, 4.69) is 0 Å². The Labute approximate surface area is 276 Å². The van der Waals surface area contributed by atoms with Crippen LogP contribution in [0.1, 0.15) is 83.1 Å². The summed E-state index contributed by atoms with van der Waals surface area (Å²) in [5, 5.41) is 0. The van der Waals surface area contributed by atoms with E-state index >= 15 is 0 Å². The Hall–Kier alpha value is 4.50. The molecule has 0 saturated heterocycles. The minimum atomic E-state index is -2.39. The monoisotopic (exact) mass is 781 g/mol. The van der Waals surface area contributed by atoms with Gasteiger partial charge in [-0.3, -0.25) is 0 Å². The largest absolute Gasteiger partial charge is 3.00 e. The summed E-state index contributed by atoms with van der Waals surface area (Å²) in [5.41, 5.74) is 0. The first kappa shape index (κ1) is 45.5. The summed E-state index contributed by atoms with van der Waals surface area (Å²) in [6.45, 7) is 22.8. The molecule has 0 amide bonds. The van der Waals surface area contributed by atoms with Crippen LogP contribution in [0.5, 0.6) is 0 Å². The zero-order valence-corrected chi connectivity index (χ0v) is 33.0. The number of hydrogen-bond acceptors (Lipinski definition) is 12. The van der Waals surface area contributed by atoms with E-state index in [-0.39, 0.29) is 77.5 Å². The van der Waals surface area contributed by atoms with Gasteiger partial charge in [0.25, 0.3) is 0 Å². The van der Waals surface area contributed by atoms with Gasteiger partial charge in [-0.2, -0.15) is 0 Å². The van der Waals surface area contributed by atoms with E-state index in [1.807, 2.05) is 83.1 Å². The Morgan fingerprint density at radius 1 is 0.324 bits per heavy atom. The SMILES string of the molecule is CC(C)O[P+]([S-])([S-])OC(C)C.CC(C)O[P+]([S-])([S-])OC(C)C.CC(C)O[P+]([S-])([S-])OC(C)C.[Nd+3]. The van der Waals surface area contributed by atoms with Crippen LogP contribution < -0.4 is 0 Å². The van der Waals surface area contributed by atoms with Gasteiger partial charge in [0.1, 0.15) is 0 Å². The van der Waals surface area contributed by atoms with Crippen molar-refractivity contribution in [1.82, 2.24) is 0 Å². The Kier molecular flexibility index (Phi) is 30.9. The fourth-order valence-corrected chi connectivity index (χ4v) is 11.1. The van der Waals surface area contributed by atoms with E-state index in [1.165, 1.54) is 0 Å². The summed E-state index contributed by atoms with van der Waals surface area (Å²) in [6, 6.07) is 0. The molecular weight excluding hydrogens is 742 g/mol. The molecule has 0 aliphatic rings. The molecule has 0 bridgehead atoms. The predicted molar refractivity (Wildman–Crippen MR) is 162 cm³/mol. The van der Waals surface area contributed by atoms with E-state index in [9.17, 15) is 0 Å². The van der Waals surface area contributed by atoms with Crippen molar-refractivity contribution in [3.05, 3.63) is 0 Å². The van der Waals surface area contributed by atoms with Crippen LogP contribution in [0.25, 0.3) is 0 Å². The second-order valence-electron chi connectivity index (χ2n) is 8.27. The molecule has 0 aromatic heterocycles. The van der Waals surface area contributed by atoms with Gasteiger partial charge in [0.05, 0.1) is 36.6 Å². The fourth-order valence-electron chi connectivity index (χ4n) is 1.62. The van der Waals surface area contributed by atoms with Crippen molar-refractivity contribution in [2.24, 2.45) is 0 Å². The Morgan fingerprint density at radius 3 is 0.471 bits per heavy atom. The van der Waals surface area contributed by atoms with Gasteiger partial charge in [0, 0.05) is 18.4 Å². The van der Waals surface area contributed by atoms with Crippen molar-refractivity contribution in [2.75, 3.05) is 0 Å². The minimum absolute atomic E-state index is 0. The third-order valence-corrected chi connectivity index (χ3v) is 9.22. The van der Waals surface area contributed by atoms with E-state index in [0.717, 1.165) is 0 Å². The van der Waals surface area contributed by atoms with Crippen LogP contribution in [0, 0.1) is 40.8 Å². The van der Waals surface area contributed by atoms with Gasteiger partial charge in [-0.1, -0.05) is 0 Å². The molecular formula is C18H42NdO6P3S6. The van der Waals surface area contributed by atoms with Gasteiger partial charge >= 0.3 is 40.8 Å². The standard InChI is InChI=1S/3C6H15O2PS2.Nd/c3*1-5(2)7-9(10,11)8-6(3)4;/h3*5-6H,1-4H3,(H,10,11);/q;;;+3/p-3. The first-order chi connectivity index (χ1) is 14.5. The zero-order valence-electron chi connectivity index (χ0n) is 22.2. The van der Waals surface area contributed by atoms with Crippen molar-refractivity contribution in [2.45, 2.75) is 120 Å². The molecule has 0 unspecified atom stereocenters. The molecule has 1 radical (unpaired) electrons. The van der Waals surface area contributed by atoms with E-state index in [0.29, 0.717) is 0 Å². The average Bonchev–Trinajstić information content (AvgIpc) is 2.38. The Morgan fingerprint density at radius 2 is 0.412 bits per heavy atom. The van der Waals surface area contributed by atoms with Crippen molar-refractivity contribution < 1.29 is 68.0 Å². The van der Waals surface area contributed by atoms with Crippen LogP contribution in [0.3, 0.4) is 0 Å². The molecule has 0 aromatic rings. The second-order valence-corrected chi connectivity index (χ2v) is 22.9. The molecule has 16 heteroatoms. The molecule has 0 N–H and O–H groups in total. The van der Waals surface area contributed by atoms with Crippen molar-refractivity contribution >= 4 is 91.9 Å². The smallest absolute Gasteiger partial charge is 0.515 e. The molecule has 0 aromatic carbocycles. The molecule has 0 heterocycles. The first-order valence-corrected chi connectivity index (χ1v) is 21.5. The Balaban J connectivity index is -0.000000196. The second kappa shape index (κ2) is 23.1. The van der Waals surface area contributed by atoms with Crippen LogP contribution in [-0.2, 0) is 101 Å². The van der Waals surface area contributed by atoms with E-state index < -0.39 is 18.4 Å². The molecule has 0 spiro atoms. The topological polar surface area (TPSA) is 55.4 Å². The summed E-state index contributed by atoms with van der Waals surface area (Å²) in [7, 11) is 0. The third kappa shape index (κ3) is 38.6. The molecule has 0 atom stereocenters. The van der Waals surface area contributed by atoms with Crippen molar-refractivity contribution in [3.63, 3.8) is 0 Å². The molecule has 0 fully saturated rings. The summed E-state index contributed by atoms with van der Waals surface area (Å²) in [5.74, 6) is 0. The number of hydrogen-bond donors (Lipinski definition) is 0. The maximum Gasteiger partial charge on any atom is 3.00 e. The molecule has 0 aliphatic heterocycles. The van der Waals surface area contributed by atoms with Crippen molar-refractivity contribution in [3.8, 4) is 0 Å². The van der Waals surface area contributed by atoms with Crippen LogP contribution in [-0.4, -0.2) is 36.6 Å². The Bertz CT molecular complexity index is 389. The molecule has 0 aliphatic carbocycles. The first-order valence-electron chi connectivity index (χ1n) is 10.5. The van der Waals surface area contributed by atoms with E-state index in [4.69, 9.17) is 101 Å². The third-order valence-electron chi connectivity index (χ3n) is 2.04. The fraction of sp³-hybridized carbons (Fsp3) is 1.00.